The minimum absolute atomic E-state index is 0.343. The summed E-state index contributed by atoms with van der Waals surface area (Å²) in [6.07, 6.45) is 6.14. The van der Waals surface area contributed by atoms with Gasteiger partial charge in [-0.05, 0) is 54.7 Å². The van der Waals surface area contributed by atoms with Gasteiger partial charge in [0.1, 0.15) is 22.7 Å². The highest BCUT2D eigenvalue weighted by atomic mass is 32.1. The summed E-state index contributed by atoms with van der Waals surface area (Å²) in [5.74, 6) is 2.48. The molecule has 3 aromatic rings. The first kappa shape index (κ1) is 19.2. The van der Waals surface area contributed by atoms with Crippen molar-refractivity contribution in [2.24, 2.45) is 11.3 Å². The van der Waals surface area contributed by atoms with E-state index >= 15 is 0 Å². The van der Waals surface area contributed by atoms with Crippen molar-refractivity contribution in [2.75, 3.05) is 11.9 Å². The van der Waals surface area contributed by atoms with Gasteiger partial charge >= 0.3 is 0 Å². The molecule has 0 aliphatic heterocycles. The maximum absolute atomic E-state index is 5.91. The van der Waals surface area contributed by atoms with Crippen molar-refractivity contribution >= 4 is 33.1 Å². The van der Waals surface area contributed by atoms with Crippen LogP contribution < -0.4 is 10.1 Å². The monoisotopic (exact) mass is 395 g/mol. The number of para-hydroxylation sites is 2. The highest BCUT2D eigenvalue weighted by Gasteiger charge is 2.31. The summed E-state index contributed by atoms with van der Waals surface area (Å²) in [5.41, 5.74) is 2.74. The number of nitrogens with zero attached hydrogens (tertiary/aromatic N) is 2. The highest BCUT2D eigenvalue weighted by molar-refractivity contribution is 7.19. The standard InChI is InChI=1S/C23H29N3OS/c1-5-12-27-18-9-7-6-8-17(18)26-21-20-16-11-10-15(23(2,3)4)13-19(16)28-22(20)25-14-24-21/h6-9,14-15H,5,10-13H2,1-4H3,(H,24,25,26). The Morgan fingerprint density at radius 3 is 2.82 bits per heavy atom. The van der Waals surface area contributed by atoms with Crippen LogP contribution in [0, 0.1) is 11.3 Å². The molecule has 0 bridgehead atoms. The molecule has 1 atom stereocenters. The van der Waals surface area contributed by atoms with Crippen molar-refractivity contribution in [1.82, 2.24) is 9.97 Å². The van der Waals surface area contributed by atoms with E-state index in [1.54, 1.807) is 6.33 Å². The number of aryl methyl sites for hydroxylation is 1. The molecular weight excluding hydrogens is 366 g/mol. The Balaban J connectivity index is 1.70. The molecule has 1 aliphatic carbocycles. The molecule has 0 saturated heterocycles. The quantitative estimate of drug-likeness (QED) is 0.545. The Bertz CT molecular complexity index is 974. The molecule has 2 aromatic heterocycles. The van der Waals surface area contributed by atoms with Crippen LogP contribution in [0.5, 0.6) is 5.75 Å². The number of ether oxygens (including phenoxy) is 1. The molecule has 1 aromatic carbocycles. The van der Waals surface area contributed by atoms with Crippen molar-refractivity contribution in [3.63, 3.8) is 0 Å². The molecule has 28 heavy (non-hydrogen) atoms. The lowest BCUT2D eigenvalue weighted by molar-refractivity contribution is 0.218. The lowest BCUT2D eigenvalue weighted by Crippen LogP contribution is -2.26. The molecule has 1 aliphatic rings. The van der Waals surface area contributed by atoms with Crippen molar-refractivity contribution < 1.29 is 4.74 Å². The third kappa shape index (κ3) is 3.72. The fourth-order valence-corrected chi connectivity index (χ4v) is 5.25. The summed E-state index contributed by atoms with van der Waals surface area (Å²) in [7, 11) is 0. The minimum atomic E-state index is 0.343. The van der Waals surface area contributed by atoms with E-state index in [-0.39, 0.29) is 0 Å². The van der Waals surface area contributed by atoms with Crippen LogP contribution in [0.1, 0.15) is 51.0 Å². The number of fused-ring (bicyclic) bond motifs is 3. The van der Waals surface area contributed by atoms with E-state index < -0.39 is 0 Å². The fraction of sp³-hybridized carbons (Fsp3) is 0.478. The zero-order valence-electron chi connectivity index (χ0n) is 17.2. The topological polar surface area (TPSA) is 47.0 Å². The van der Waals surface area contributed by atoms with Gasteiger partial charge in [0.15, 0.2) is 0 Å². The molecule has 5 heteroatoms. The predicted octanol–water partition coefficient (Wildman–Crippen LogP) is 6.37. The molecule has 0 spiro atoms. The number of hydrogen-bond acceptors (Lipinski definition) is 5. The number of aromatic nitrogens is 2. The Morgan fingerprint density at radius 2 is 2.04 bits per heavy atom. The van der Waals surface area contributed by atoms with Gasteiger partial charge < -0.3 is 10.1 Å². The molecule has 1 unspecified atom stereocenters. The molecule has 1 N–H and O–H groups in total. The van der Waals surface area contributed by atoms with Crippen LogP contribution in [0.2, 0.25) is 0 Å². The van der Waals surface area contributed by atoms with Gasteiger partial charge in [-0.1, -0.05) is 39.8 Å². The maximum atomic E-state index is 5.91. The maximum Gasteiger partial charge on any atom is 0.142 e. The number of thiophene rings is 1. The van der Waals surface area contributed by atoms with E-state index in [4.69, 9.17) is 4.74 Å². The minimum Gasteiger partial charge on any atom is -0.491 e. The van der Waals surface area contributed by atoms with Crippen LogP contribution in [0.15, 0.2) is 30.6 Å². The van der Waals surface area contributed by atoms with Crippen molar-refractivity contribution in [3.8, 4) is 5.75 Å². The first-order valence-corrected chi connectivity index (χ1v) is 11.0. The lowest BCUT2D eigenvalue weighted by atomic mass is 9.72. The summed E-state index contributed by atoms with van der Waals surface area (Å²) in [4.78, 5) is 11.8. The van der Waals surface area contributed by atoms with Gasteiger partial charge in [0, 0.05) is 4.88 Å². The average Bonchev–Trinajstić information content (AvgIpc) is 3.05. The second kappa shape index (κ2) is 7.70. The van der Waals surface area contributed by atoms with E-state index in [0.29, 0.717) is 12.0 Å². The summed E-state index contributed by atoms with van der Waals surface area (Å²) in [6, 6.07) is 8.09. The van der Waals surface area contributed by atoms with Crippen molar-refractivity contribution in [2.45, 2.75) is 53.4 Å². The normalized spacial score (nSPS) is 16.8. The molecule has 0 amide bonds. The van der Waals surface area contributed by atoms with Crippen molar-refractivity contribution in [1.29, 1.82) is 0 Å². The highest BCUT2D eigenvalue weighted by Crippen LogP contribution is 2.44. The summed E-state index contributed by atoms with van der Waals surface area (Å²) >= 11 is 1.84. The van der Waals surface area contributed by atoms with Gasteiger partial charge in [0.2, 0.25) is 0 Å². The average molecular weight is 396 g/mol. The number of nitrogens with one attached hydrogen (secondary N) is 1. The molecule has 2 heterocycles. The van der Waals surface area contributed by atoms with Crippen LogP contribution in [0.3, 0.4) is 0 Å². The van der Waals surface area contributed by atoms with Crippen LogP contribution in [0.25, 0.3) is 10.2 Å². The Kier molecular flexibility index (Phi) is 5.28. The number of benzene rings is 1. The first-order valence-electron chi connectivity index (χ1n) is 10.2. The van der Waals surface area contributed by atoms with E-state index in [1.807, 2.05) is 35.6 Å². The van der Waals surface area contributed by atoms with Crippen LogP contribution >= 0.6 is 11.3 Å². The van der Waals surface area contributed by atoms with Crippen molar-refractivity contribution in [3.05, 3.63) is 41.0 Å². The molecular formula is C23H29N3OS. The van der Waals surface area contributed by atoms with Gasteiger partial charge in [-0.15, -0.1) is 11.3 Å². The predicted molar refractivity (Wildman–Crippen MR) is 118 cm³/mol. The van der Waals surface area contributed by atoms with Crippen LogP contribution in [-0.2, 0) is 12.8 Å². The SMILES string of the molecule is CCCOc1ccccc1Nc1ncnc2sc3c(c12)CCC(C(C)(C)C)C3. The van der Waals surface area contributed by atoms with Gasteiger partial charge in [0.25, 0.3) is 0 Å². The fourth-order valence-electron chi connectivity index (χ4n) is 3.98. The van der Waals surface area contributed by atoms with Gasteiger partial charge in [-0.3, -0.25) is 0 Å². The molecule has 4 rings (SSSR count). The second-order valence-electron chi connectivity index (χ2n) is 8.68. The molecule has 4 nitrogen and oxygen atoms in total. The van der Waals surface area contributed by atoms with Gasteiger partial charge in [-0.2, -0.15) is 0 Å². The number of hydrogen-bond donors (Lipinski definition) is 1. The van der Waals surface area contributed by atoms with E-state index in [9.17, 15) is 0 Å². The molecule has 148 valence electrons. The molecule has 0 saturated carbocycles. The van der Waals surface area contributed by atoms with Crippen LogP contribution in [-0.4, -0.2) is 16.6 Å². The Labute approximate surface area is 171 Å². The van der Waals surface area contributed by atoms with Gasteiger partial charge in [-0.25, -0.2) is 9.97 Å². The molecule has 0 radical (unpaired) electrons. The smallest absolute Gasteiger partial charge is 0.142 e. The Hall–Kier alpha value is -2.14. The summed E-state index contributed by atoms with van der Waals surface area (Å²) in [5, 5.41) is 4.73. The van der Waals surface area contributed by atoms with E-state index in [0.717, 1.165) is 47.3 Å². The van der Waals surface area contributed by atoms with E-state index in [1.165, 1.54) is 22.2 Å². The third-order valence-corrected chi connectivity index (χ3v) is 6.83. The molecule has 0 fully saturated rings. The summed E-state index contributed by atoms with van der Waals surface area (Å²) in [6.45, 7) is 9.90. The zero-order valence-corrected chi connectivity index (χ0v) is 18.0. The zero-order chi connectivity index (χ0) is 19.7. The van der Waals surface area contributed by atoms with Gasteiger partial charge in [0.05, 0.1) is 17.7 Å². The number of anilines is 2. The largest absolute Gasteiger partial charge is 0.491 e. The summed E-state index contributed by atoms with van der Waals surface area (Å²) < 4.78 is 5.91. The second-order valence-corrected chi connectivity index (χ2v) is 9.77. The first-order chi connectivity index (χ1) is 13.5. The van der Waals surface area contributed by atoms with Crippen LogP contribution in [0.4, 0.5) is 11.5 Å². The number of rotatable bonds is 5. The van der Waals surface area contributed by atoms with E-state index in [2.05, 4.69) is 43.0 Å². The third-order valence-electron chi connectivity index (χ3n) is 5.67. The Morgan fingerprint density at radius 1 is 1.21 bits per heavy atom. The lowest BCUT2D eigenvalue weighted by Gasteiger charge is -2.33.